The van der Waals surface area contributed by atoms with Crippen LogP contribution in [0, 0.1) is 0 Å². The molecule has 0 spiro atoms. The molecule has 2 aromatic rings. The third-order valence-corrected chi connectivity index (χ3v) is 3.57. The third-order valence-electron chi connectivity index (χ3n) is 3.57. The number of carbonyl (C=O) groups excluding carboxylic acids is 1. The summed E-state index contributed by atoms with van der Waals surface area (Å²) in [5, 5.41) is 3.10. The molecule has 0 aliphatic heterocycles. The average molecular weight is 282 g/mol. The van der Waals surface area contributed by atoms with Crippen LogP contribution in [0.5, 0.6) is 0 Å². The SMILES string of the molecule is C[C@@H](NC(=O)c1ccccc1)[C@@H](c1ccccc1)N(C)C. The average Bonchev–Trinajstić information content (AvgIpc) is 2.49. The van der Waals surface area contributed by atoms with Crippen molar-refractivity contribution in [2.45, 2.75) is 19.0 Å². The second-order valence-corrected chi connectivity index (χ2v) is 5.45. The standard InChI is InChI=1S/C18H22N2O/c1-14(19-18(21)16-12-8-5-9-13-16)17(20(2)3)15-10-6-4-7-11-15/h4-14,17H,1-3H3,(H,19,21)/t14-,17+/m1/s1. The van der Waals surface area contributed by atoms with Gasteiger partial charge in [-0.1, -0.05) is 48.5 Å². The van der Waals surface area contributed by atoms with Crippen molar-refractivity contribution in [2.24, 2.45) is 0 Å². The highest BCUT2D eigenvalue weighted by Crippen LogP contribution is 2.22. The number of hydrogen-bond donors (Lipinski definition) is 1. The summed E-state index contributed by atoms with van der Waals surface area (Å²) < 4.78 is 0. The zero-order valence-corrected chi connectivity index (χ0v) is 12.8. The third kappa shape index (κ3) is 3.92. The number of rotatable bonds is 5. The molecule has 1 N–H and O–H groups in total. The van der Waals surface area contributed by atoms with Crippen molar-refractivity contribution in [3.63, 3.8) is 0 Å². The highest BCUT2D eigenvalue weighted by Gasteiger charge is 2.23. The van der Waals surface area contributed by atoms with E-state index in [1.807, 2.05) is 69.6 Å². The van der Waals surface area contributed by atoms with E-state index in [2.05, 4.69) is 22.3 Å². The van der Waals surface area contributed by atoms with Gasteiger partial charge in [-0.3, -0.25) is 4.79 Å². The predicted octanol–water partition coefficient (Wildman–Crippen LogP) is 3.11. The molecule has 0 radical (unpaired) electrons. The minimum absolute atomic E-state index is 0.00936. The van der Waals surface area contributed by atoms with E-state index in [0.29, 0.717) is 5.56 Å². The molecule has 0 saturated heterocycles. The van der Waals surface area contributed by atoms with Crippen molar-refractivity contribution in [1.82, 2.24) is 10.2 Å². The molecule has 1 amide bonds. The molecule has 2 aromatic carbocycles. The van der Waals surface area contributed by atoms with Crippen LogP contribution in [0.2, 0.25) is 0 Å². The molecule has 21 heavy (non-hydrogen) atoms. The molecular formula is C18H22N2O. The lowest BCUT2D eigenvalue weighted by Gasteiger charge is -2.31. The van der Waals surface area contributed by atoms with Gasteiger partial charge >= 0.3 is 0 Å². The first kappa shape index (κ1) is 15.3. The van der Waals surface area contributed by atoms with Gasteiger partial charge in [0.25, 0.3) is 5.91 Å². The lowest BCUT2D eigenvalue weighted by molar-refractivity contribution is 0.0915. The summed E-state index contributed by atoms with van der Waals surface area (Å²) in [7, 11) is 4.06. The number of nitrogens with one attached hydrogen (secondary N) is 1. The van der Waals surface area contributed by atoms with Gasteiger partial charge in [0.1, 0.15) is 0 Å². The molecular weight excluding hydrogens is 260 g/mol. The van der Waals surface area contributed by atoms with Crippen molar-refractivity contribution in [3.8, 4) is 0 Å². The first-order valence-corrected chi connectivity index (χ1v) is 7.17. The van der Waals surface area contributed by atoms with Crippen LogP contribution in [-0.2, 0) is 0 Å². The van der Waals surface area contributed by atoms with E-state index < -0.39 is 0 Å². The highest BCUT2D eigenvalue weighted by molar-refractivity contribution is 5.94. The van der Waals surface area contributed by atoms with Crippen LogP contribution in [0.4, 0.5) is 0 Å². The van der Waals surface area contributed by atoms with Gasteiger partial charge in [-0.15, -0.1) is 0 Å². The molecule has 2 rings (SSSR count). The number of benzene rings is 2. The number of likely N-dealkylation sites (N-methyl/N-ethyl adjacent to an activating group) is 1. The quantitative estimate of drug-likeness (QED) is 0.914. The van der Waals surface area contributed by atoms with E-state index in [-0.39, 0.29) is 18.0 Å². The minimum atomic E-state index is -0.0362. The van der Waals surface area contributed by atoms with Gasteiger partial charge in [-0.2, -0.15) is 0 Å². The second kappa shape index (κ2) is 7.04. The van der Waals surface area contributed by atoms with Gasteiger partial charge in [0.15, 0.2) is 0 Å². The molecule has 110 valence electrons. The van der Waals surface area contributed by atoms with Crippen LogP contribution in [0.1, 0.15) is 28.9 Å². The summed E-state index contributed by atoms with van der Waals surface area (Å²) in [6.45, 7) is 2.04. The molecule has 0 fully saturated rings. The van der Waals surface area contributed by atoms with Crippen LogP contribution in [0.3, 0.4) is 0 Å². The summed E-state index contributed by atoms with van der Waals surface area (Å²) in [5.74, 6) is -0.0362. The lowest BCUT2D eigenvalue weighted by atomic mass is 9.99. The summed E-state index contributed by atoms with van der Waals surface area (Å²) in [6, 6.07) is 19.7. The Morgan fingerprint density at radius 1 is 0.952 bits per heavy atom. The molecule has 0 heterocycles. The lowest BCUT2D eigenvalue weighted by Crippen LogP contribution is -2.42. The van der Waals surface area contributed by atoms with Gasteiger partial charge in [0.2, 0.25) is 0 Å². The number of carbonyl (C=O) groups is 1. The van der Waals surface area contributed by atoms with Crippen molar-refractivity contribution in [1.29, 1.82) is 0 Å². The van der Waals surface area contributed by atoms with E-state index in [9.17, 15) is 4.79 Å². The molecule has 0 saturated carbocycles. The first-order chi connectivity index (χ1) is 10.1. The van der Waals surface area contributed by atoms with Gasteiger partial charge in [-0.25, -0.2) is 0 Å². The Morgan fingerprint density at radius 2 is 1.48 bits per heavy atom. The van der Waals surface area contributed by atoms with E-state index >= 15 is 0 Å². The molecule has 0 aliphatic rings. The van der Waals surface area contributed by atoms with Crippen LogP contribution in [0.25, 0.3) is 0 Å². The fourth-order valence-corrected chi connectivity index (χ4v) is 2.64. The van der Waals surface area contributed by atoms with Crippen molar-refractivity contribution < 1.29 is 4.79 Å². The largest absolute Gasteiger partial charge is 0.348 e. The molecule has 0 unspecified atom stereocenters. The topological polar surface area (TPSA) is 32.3 Å². The van der Waals surface area contributed by atoms with E-state index in [4.69, 9.17) is 0 Å². The minimum Gasteiger partial charge on any atom is -0.348 e. The number of nitrogens with zero attached hydrogens (tertiary/aromatic N) is 1. The van der Waals surface area contributed by atoms with Crippen LogP contribution in [-0.4, -0.2) is 30.9 Å². The summed E-state index contributed by atoms with van der Waals surface area (Å²) >= 11 is 0. The van der Waals surface area contributed by atoms with Gasteiger partial charge in [-0.05, 0) is 38.7 Å². The van der Waals surface area contributed by atoms with Crippen molar-refractivity contribution in [3.05, 3.63) is 71.8 Å². The van der Waals surface area contributed by atoms with Crippen LogP contribution < -0.4 is 5.32 Å². The van der Waals surface area contributed by atoms with E-state index in [1.165, 1.54) is 5.56 Å². The fourth-order valence-electron chi connectivity index (χ4n) is 2.64. The number of amides is 1. The molecule has 2 atom stereocenters. The Balaban J connectivity index is 2.13. The van der Waals surface area contributed by atoms with Crippen LogP contribution in [0.15, 0.2) is 60.7 Å². The maximum Gasteiger partial charge on any atom is 0.251 e. The molecule has 0 aromatic heterocycles. The maximum absolute atomic E-state index is 12.3. The monoisotopic (exact) mass is 282 g/mol. The smallest absolute Gasteiger partial charge is 0.251 e. The predicted molar refractivity (Wildman–Crippen MR) is 86.2 cm³/mol. The Bertz CT molecular complexity index is 566. The summed E-state index contributed by atoms with van der Waals surface area (Å²) in [6.07, 6.45) is 0. The van der Waals surface area contributed by atoms with Crippen molar-refractivity contribution in [2.75, 3.05) is 14.1 Å². The maximum atomic E-state index is 12.3. The molecule has 0 bridgehead atoms. The Labute approximate surface area is 126 Å². The number of hydrogen-bond acceptors (Lipinski definition) is 2. The molecule has 0 aliphatic carbocycles. The Morgan fingerprint density at radius 3 is 2.00 bits per heavy atom. The Hall–Kier alpha value is -2.13. The fraction of sp³-hybridized carbons (Fsp3) is 0.278. The van der Waals surface area contributed by atoms with Crippen molar-refractivity contribution >= 4 is 5.91 Å². The molecule has 3 nitrogen and oxygen atoms in total. The van der Waals surface area contributed by atoms with Gasteiger partial charge < -0.3 is 10.2 Å². The van der Waals surface area contributed by atoms with E-state index in [0.717, 1.165) is 0 Å². The normalized spacial score (nSPS) is 13.7. The molecule has 3 heteroatoms. The van der Waals surface area contributed by atoms with Gasteiger partial charge in [0.05, 0.1) is 6.04 Å². The Kier molecular flexibility index (Phi) is 5.12. The highest BCUT2D eigenvalue weighted by atomic mass is 16.1. The summed E-state index contributed by atoms with van der Waals surface area (Å²) in [4.78, 5) is 14.4. The second-order valence-electron chi connectivity index (χ2n) is 5.45. The zero-order chi connectivity index (χ0) is 15.2. The van der Waals surface area contributed by atoms with Gasteiger partial charge in [0, 0.05) is 11.6 Å². The summed E-state index contributed by atoms with van der Waals surface area (Å²) in [5.41, 5.74) is 1.89. The van der Waals surface area contributed by atoms with Crippen LogP contribution >= 0.6 is 0 Å². The zero-order valence-electron chi connectivity index (χ0n) is 12.8. The first-order valence-electron chi connectivity index (χ1n) is 7.17. The van der Waals surface area contributed by atoms with E-state index in [1.54, 1.807) is 0 Å².